The number of likely N-dealkylation sites (tertiary alicyclic amines) is 1. The molecule has 2 aliphatic rings. The predicted molar refractivity (Wildman–Crippen MR) is 138 cm³/mol. The van der Waals surface area contributed by atoms with Crippen molar-refractivity contribution < 1.29 is 18.7 Å². The number of methoxy groups -OCH3 is 1. The van der Waals surface area contributed by atoms with Gasteiger partial charge in [-0.15, -0.1) is 0 Å². The lowest BCUT2D eigenvalue weighted by atomic mass is 9.83. The third-order valence-electron chi connectivity index (χ3n) is 7.34. The highest BCUT2D eigenvalue weighted by atomic mass is 16.5. The Morgan fingerprint density at radius 2 is 1.81 bits per heavy atom. The number of amides is 1. The molecule has 2 aromatic heterocycles. The summed E-state index contributed by atoms with van der Waals surface area (Å²) in [4.78, 5) is 40.1. The van der Waals surface area contributed by atoms with Gasteiger partial charge in [0.25, 0.3) is 11.5 Å². The van der Waals surface area contributed by atoms with Gasteiger partial charge in [0.1, 0.15) is 23.3 Å². The van der Waals surface area contributed by atoms with Crippen LogP contribution in [0.15, 0.2) is 80.9 Å². The molecule has 0 aliphatic carbocycles. The van der Waals surface area contributed by atoms with E-state index in [2.05, 4.69) is 0 Å². The zero-order chi connectivity index (χ0) is 25.5. The van der Waals surface area contributed by atoms with Crippen LogP contribution in [-0.2, 0) is 11.3 Å². The number of ether oxygens (including phenoxy) is 2. The van der Waals surface area contributed by atoms with Crippen molar-refractivity contribution in [1.82, 2.24) is 9.47 Å². The molecule has 0 spiro atoms. The van der Waals surface area contributed by atoms with Crippen molar-refractivity contribution in [1.29, 1.82) is 0 Å². The molecular weight excluding hydrogens is 472 g/mol. The Balaban J connectivity index is 1.15. The minimum absolute atomic E-state index is 0.0226. The minimum atomic E-state index is -0.145. The quantitative estimate of drug-likeness (QED) is 0.417. The van der Waals surface area contributed by atoms with Crippen LogP contribution in [0.5, 0.6) is 11.5 Å². The number of nitrogens with zero attached hydrogens (tertiary/aromatic N) is 2. The molecule has 2 bridgehead atoms. The van der Waals surface area contributed by atoms with Crippen LogP contribution in [0.3, 0.4) is 0 Å². The number of piperidine rings is 1. The number of fused-ring (bicyclic) bond motifs is 5. The number of hydrogen-bond donors (Lipinski definition) is 0. The summed E-state index contributed by atoms with van der Waals surface area (Å²) in [6, 6.07) is 17.5. The van der Waals surface area contributed by atoms with Crippen molar-refractivity contribution in [2.24, 2.45) is 5.92 Å². The van der Waals surface area contributed by atoms with Crippen molar-refractivity contribution in [2.75, 3.05) is 26.8 Å². The highest BCUT2D eigenvalue weighted by molar-refractivity contribution is 5.83. The molecule has 1 amide bonds. The Morgan fingerprint density at radius 3 is 2.62 bits per heavy atom. The first-order chi connectivity index (χ1) is 18.0. The maximum atomic E-state index is 13.1. The van der Waals surface area contributed by atoms with E-state index in [9.17, 15) is 14.4 Å². The molecule has 8 heteroatoms. The van der Waals surface area contributed by atoms with Crippen LogP contribution in [-0.4, -0.2) is 42.2 Å². The Morgan fingerprint density at radius 1 is 1.00 bits per heavy atom. The van der Waals surface area contributed by atoms with E-state index in [4.69, 9.17) is 13.9 Å². The summed E-state index contributed by atoms with van der Waals surface area (Å²) in [7, 11) is 1.59. The number of aromatic nitrogens is 1. The van der Waals surface area contributed by atoms with Crippen LogP contribution in [0.2, 0.25) is 0 Å². The van der Waals surface area contributed by atoms with Gasteiger partial charge < -0.3 is 23.4 Å². The highest BCUT2D eigenvalue weighted by Crippen LogP contribution is 2.35. The third-order valence-corrected chi connectivity index (χ3v) is 7.34. The highest BCUT2D eigenvalue weighted by Gasteiger charge is 2.36. The van der Waals surface area contributed by atoms with Gasteiger partial charge in [0.2, 0.25) is 0 Å². The van der Waals surface area contributed by atoms with Gasteiger partial charge in [0, 0.05) is 43.4 Å². The average Bonchev–Trinajstić information content (AvgIpc) is 2.92. The number of carbonyl (C=O) groups is 1. The summed E-state index contributed by atoms with van der Waals surface area (Å²) in [5, 5.41) is 0.435. The molecule has 37 heavy (non-hydrogen) atoms. The second kappa shape index (κ2) is 9.28. The molecule has 188 valence electrons. The first-order valence-electron chi connectivity index (χ1n) is 12.3. The van der Waals surface area contributed by atoms with E-state index in [1.165, 1.54) is 6.26 Å². The largest absolute Gasteiger partial charge is 0.497 e. The molecular formula is C29H26N2O6. The van der Waals surface area contributed by atoms with E-state index in [1.807, 2.05) is 27.7 Å². The molecule has 4 aromatic rings. The van der Waals surface area contributed by atoms with Crippen LogP contribution in [0.4, 0.5) is 0 Å². The number of pyridine rings is 1. The summed E-state index contributed by atoms with van der Waals surface area (Å²) in [6.07, 6.45) is 2.42. The lowest BCUT2D eigenvalue weighted by Crippen LogP contribution is -2.50. The lowest BCUT2D eigenvalue weighted by Gasteiger charge is -2.42. The number of hydrogen-bond acceptors (Lipinski definition) is 6. The van der Waals surface area contributed by atoms with Crippen molar-refractivity contribution >= 4 is 16.9 Å². The zero-order valence-electron chi connectivity index (χ0n) is 20.4. The van der Waals surface area contributed by atoms with Gasteiger partial charge in [0.15, 0.2) is 12.0 Å². The molecule has 0 unspecified atom stereocenters. The van der Waals surface area contributed by atoms with E-state index in [0.717, 1.165) is 17.7 Å². The number of benzene rings is 2. The van der Waals surface area contributed by atoms with Crippen LogP contribution < -0.4 is 20.5 Å². The Hall–Kier alpha value is -4.33. The summed E-state index contributed by atoms with van der Waals surface area (Å²) >= 11 is 0. The zero-order valence-corrected chi connectivity index (χ0v) is 20.4. The topological polar surface area (TPSA) is 91.0 Å². The maximum absolute atomic E-state index is 13.1. The molecule has 0 radical (unpaired) electrons. The van der Waals surface area contributed by atoms with Gasteiger partial charge in [-0.25, -0.2) is 0 Å². The second-order valence-corrected chi connectivity index (χ2v) is 9.65. The Bertz CT molecular complexity index is 1600. The predicted octanol–water partition coefficient (Wildman–Crippen LogP) is 3.66. The van der Waals surface area contributed by atoms with E-state index >= 15 is 0 Å². The molecule has 6 rings (SSSR count). The first kappa shape index (κ1) is 23.1. The molecule has 2 aromatic carbocycles. The Kier molecular flexibility index (Phi) is 5.79. The van der Waals surface area contributed by atoms with Crippen molar-refractivity contribution in [2.45, 2.75) is 18.9 Å². The molecule has 4 heterocycles. The van der Waals surface area contributed by atoms with Crippen LogP contribution in [0.25, 0.3) is 22.1 Å². The molecule has 1 saturated heterocycles. The molecule has 2 aliphatic heterocycles. The van der Waals surface area contributed by atoms with Crippen LogP contribution in [0, 0.1) is 5.92 Å². The third kappa shape index (κ3) is 4.28. The SMILES string of the molecule is COc1ccc(-c2coc3cc(OCC(=O)N4C[C@H]5C[C@@H](C4)c4cccc(=O)n4C5)ccc3c2=O)cc1. The van der Waals surface area contributed by atoms with Gasteiger partial charge in [-0.3, -0.25) is 14.4 Å². The smallest absolute Gasteiger partial charge is 0.260 e. The van der Waals surface area contributed by atoms with Crippen LogP contribution >= 0.6 is 0 Å². The van der Waals surface area contributed by atoms with Gasteiger partial charge in [-0.1, -0.05) is 18.2 Å². The van der Waals surface area contributed by atoms with E-state index in [1.54, 1.807) is 49.6 Å². The van der Waals surface area contributed by atoms with Gasteiger partial charge in [-0.05, 0) is 48.2 Å². The first-order valence-corrected chi connectivity index (χ1v) is 12.3. The molecule has 0 N–H and O–H groups in total. The lowest BCUT2D eigenvalue weighted by molar-refractivity contribution is -0.136. The molecule has 2 atom stereocenters. The fourth-order valence-corrected chi connectivity index (χ4v) is 5.50. The fraction of sp³-hybridized carbons (Fsp3) is 0.276. The van der Waals surface area contributed by atoms with Gasteiger partial charge >= 0.3 is 0 Å². The molecule has 0 saturated carbocycles. The normalized spacial score (nSPS) is 18.4. The number of carbonyl (C=O) groups excluding carboxylic acids is 1. The van der Waals surface area contributed by atoms with Gasteiger partial charge in [-0.2, -0.15) is 0 Å². The van der Waals surface area contributed by atoms with E-state index in [-0.39, 0.29) is 35.3 Å². The summed E-state index contributed by atoms with van der Waals surface area (Å²) < 4.78 is 18.6. The monoisotopic (exact) mass is 498 g/mol. The Labute approximate surface area is 212 Å². The summed E-state index contributed by atoms with van der Waals surface area (Å²) in [5.74, 6) is 1.47. The van der Waals surface area contributed by atoms with Crippen LogP contribution in [0.1, 0.15) is 18.0 Å². The average molecular weight is 499 g/mol. The minimum Gasteiger partial charge on any atom is -0.497 e. The molecule has 1 fully saturated rings. The fourth-order valence-electron chi connectivity index (χ4n) is 5.50. The van der Waals surface area contributed by atoms with Gasteiger partial charge in [0.05, 0.1) is 18.1 Å². The van der Waals surface area contributed by atoms with E-state index < -0.39 is 0 Å². The molecule has 8 nitrogen and oxygen atoms in total. The summed E-state index contributed by atoms with van der Waals surface area (Å²) in [6.45, 7) is 1.71. The number of rotatable bonds is 5. The standard InChI is InChI=1S/C29H26N2O6/c1-35-21-7-5-19(6-8-21)24-16-37-26-12-22(9-10-23(26)29(24)34)36-17-28(33)30-13-18-11-20(15-30)25-3-2-4-27(32)31(25)14-18/h2-10,12,16,18,20H,11,13-15,17H2,1H3/t18-,20+/m1/s1. The maximum Gasteiger partial charge on any atom is 0.260 e. The summed E-state index contributed by atoms with van der Waals surface area (Å²) in [5.41, 5.74) is 2.46. The van der Waals surface area contributed by atoms with Crippen molar-refractivity contribution in [3.05, 3.63) is 93.2 Å². The van der Waals surface area contributed by atoms with E-state index in [0.29, 0.717) is 47.7 Å². The second-order valence-electron chi connectivity index (χ2n) is 9.65. The van der Waals surface area contributed by atoms with Crippen molar-refractivity contribution in [3.8, 4) is 22.6 Å². The van der Waals surface area contributed by atoms with Crippen molar-refractivity contribution in [3.63, 3.8) is 0 Å².